The molecule has 3 aliphatic rings. The van der Waals surface area contributed by atoms with Crippen LogP contribution in [-0.2, 0) is 11.3 Å². The molecule has 1 aliphatic carbocycles. The normalized spacial score (nSPS) is 22.0. The minimum Gasteiger partial charge on any atom is -0.486 e. The van der Waals surface area contributed by atoms with Crippen molar-refractivity contribution in [2.75, 3.05) is 30.9 Å². The summed E-state index contributed by atoms with van der Waals surface area (Å²) in [7, 11) is 1.81. The maximum atomic E-state index is 12.9. The number of fused-ring (bicyclic) bond motifs is 6. The Morgan fingerprint density at radius 3 is 2.94 bits per heavy atom. The summed E-state index contributed by atoms with van der Waals surface area (Å²) in [5.74, 6) is 1.88. The fourth-order valence-corrected chi connectivity index (χ4v) is 4.18. The molecule has 3 N–H and O–H groups in total. The number of rotatable bonds is 1. The summed E-state index contributed by atoms with van der Waals surface area (Å²) in [4.78, 5) is 22.0. The van der Waals surface area contributed by atoms with Crippen molar-refractivity contribution >= 4 is 34.4 Å². The van der Waals surface area contributed by atoms with Crippen LogP contribution in [-0.4, -0.2) is 53.0 Å². The summed E-state index contributed by atoms with van der Waals surface area (Å²) in [5.41, 5.74) is 3.54. The molecule has 0 saturated heterocycles. The van der Waals surface area contributed by atoms with Gasteiger partial charge in [0.25, 0.3) is 0 Å². The summed E-state index contributed by atoms with van der Waals surface area (Å²) in [6, 6.07) is 5.48. The van der Waals surface area contributed by atoms with Gasteiger partial charge in [0, 0.05) is 13.1 Å². The van der Waals surface area contributed by atoms with Gasteiger partial charge in [-0.2, -0.15) is 0 Å². The van der Waals surface area contributed by atoms with Crippen molar-refractivity contribution in [3.63, 3.8) is 0 Å². The van der Waals surface area contributed by atoms with E-state index < -0.39 is 0 Å². The molecule has 1 fully saturated rings. The largest absolute Gasteiger partial charge is 0.486 e. The number of hydrogen-bond acceptors (Lipinski definition) is 8. The molecule has 10 nitrogen and oxygen atoms in total. The smallest absolute Gasteiger partial charge is 0.328 e. The van der Waals surface area contributed by atoms with E-state index in [0.29, 0.717) is 48.3 Å². The minimum atomic E-state index is -0.266. The number of anilines is 3. The lowest BCUT2D eigenvalue weighted by Crippen LogP contribution is -2.52. The standard InChI is InChI=1S/C21H22N6O4/c1-22-13-8-17-24-14-6-11(7-16-19(14)30-5-4-29-16)9-31-15-3-2-12(15)25-21(28)27-10-23-18(13)20(27)26-17/h6-8,10,12,15H,2-5,9H2,1H3,(H,25,28)(H2,22,24,26)/t12-,15-/m1/s1. The number of nitrogens with one attached hydrogen (secondary N) is 3. The number of ether oxygens (including phenoxy) is 3. The fraction of sp³-hybridized carbons (Fsp3) is 0.381. The van der Waals surface area contributed by atoms with Gasteiger partial charge in [-0.25, -0.2) is 19.3 Å². The van der Waals surface area contributed by atoms with Crippen LogP contribution in [0.2, 0.25) is 0 Å². The van der Waals surface area contributed by atoms with Crippen LogP contribution in [0, 0.1) is 0 Å². The van der Waals surface area contributed by atoms with Crippen LogP contribution in [0.3, 0.4) is 0 Å². The van der Waals surface area contributed by atoms with Crippen LogP contribution in [0.25, 0.3) is 11.2 Å². The van der Waals surface area contributed by atoms with Gasteiger partial charge in [0.15, 0.2) is 17.1 Å². The van der Waals surface area contributed by atoms with E-state index in [9.17, 15) is 4.79 Å². The van der Waals surface area contributed by atoms with Crippen LogP contribution in [0.5, 0.6) is 11.5 Å². The Bertz CT molecular complexity index is 1190. The van der Waals surface area contributed by atoms with Crippen molar-refractivity contribution in [3.8, 4) is 11.5 Å². The third kappa shape index (κ3) is 3.02. The molecule has 2 atom stereocenters. The van der Waals surface area contributed by atoms with E-state index in [1.54, 1.807) is 0 Å². The Morgan fingerprint density at radius 2 is 2.10 bits per heavy atom. The Hall–Kier alpha value is -3.53. The van der Waals surface area contributed by atoms with Crippen LogP contribution in [0.4, 0.5) is 22.0 Å². The highest BCUT2D eigenvalue weighted by Crippen LogP contribution is 2.41. The molecular weight excluding hydrogens is 400 g/mol. The molecule has 160 valence electrons. The van der Waals surface area contributed by atoms with E-state index in [1.807, 2.05) is 25.2 Å². The lowest BCUT2D eigenvalue weighted by atomic mass is 9.89. The molecule has 6 rings (SSSR count). The number of carbonyl (C=O) groups is 1. The minimum absolute atomic E-state index is 0.0392. The zero-order chi connectivity index (χ0) is 20.9. The molecule has 31 heavy (non-hydrogen) atoms. The number of aromatic nitrogens is 3. The summed E-state index contributed by atoms with van der Waals surface area (Å²) in [5, 5.41) is 9.53. The highest BCUT2D eigenvalue weighted by molar-refractivity contribution is 5.94. The average Bonchev–Trinajstić information content (AvgIpc) is 3.20. The summed E-state index contributed by atoms with van der Waals surface area (Å²) in [6.07, 6.45) is 3.23. The van der Waals surface area contributed by atoms with Gasteiger partial charge in [-0.1, -0.05) is 0 Å². The van der Waals surface area contributed by atoms with Gasteiger partial charge < -0.3 is 30.2 Å². The molecule has 4 bridgehead atoms. The number of amides is 1. The fourth-order valence-electron chi connectivity index (χ4n) is 4.18. The first-order chi connectivity index (χ1) is 15.2. The van der Waals surface area contributed by atoms with Gasteiger partial charge >= 0.3 is 6.03 Å². The molecule has 10 heteroatoms. The first-order valence-corrected chi connectivity index (χ1v) is 10.4. The van der Waals surface area contributed by atoms with Crippen LogP contribution in [0.15, 0.2) is 24.5 Å². The van der Waals surface area contributed by atoms with Gasteiger partial charge in [0.2, 0.25) is 0 Å². The van der Waals surface area contributed by atoms with Crippen molar-refractivity contribution in [2.45, 2.75) is 31.6 Å². The van der Waals surface area contributed by atoms with Crippen molar-refractivity contribution in [1.82, 2.24) is 19.9 Å². The third-order valence-electron chi connectivity index (χ3n) is 5.94. The van der Waals surface area contributed by atoms with Gasteiger partial charge in [0.05, 0.1) is 30.1 Å². The first-order valence-electron chi connectivity index (χ1n) is 10.4. The second-order valence-corrected chi connectivity index (χ2v) is 7.87. The Kier molecular flexibility index (Phi) is 4.13. The number of hydrogen-bond donors (Lipinski definition) is 3. The Labute approximate surface area is 177 Å². The van der Waals surface area contributed by atoms with Gasteiger partial charge in [-0.15, -0.1) is 0 Å². The number of imidazole rings is 1. The maximum Gasteiger partial charge on any atom is 0.328 e. The number of benzene rings is 1. The molecule has 1 saturated carbocycles. The van der Waals surface area contributed by atoms with Crippen LogP contribution in [0.1, 0.15) is 18.4 Å². The van der Waals surface area contributed by atoms with Crippen molar-refractivity contribution < 1.29 is 19.0 Å². The highest BCUT2D eigenvalue weighted by atomic mass is 16.6. The quantitative estimate of drug-likeness (QED) is 0.549. The molecule has 3 aromatic rings. The maximum absolute atomic E-state index is 12.9. The summed E-state index contributed by atoms with van der Waals surface area (Å²) >= 11 is 0. The molecule has 2 aromatic heterocycles. The molecule has 0 unspecified atom stereocenters. The lowest BCUT2D eigenvalue weighted by Gasteiger charge is -2.37. The number of carbonyl (C=O) groups excluding carboxylic acids is 1. The van der Waals surface area contributed by atoms with E-state index in [1.165, 1.54) is 10.9 Å². The predicted molar refractivity (Wildman–Crippen MR) is 113 cm³/mol. The number of nitrogens with zero attached hydrogens (tertiary/aromatic N) is 3. The predicted octanol–water partition coefficient (Wildman–Crippen LogP) is 2.61. The molecule has 1 aromatic carbocycles. The lowest BCUT2D eigenvalue weighted by molar-refractivity contribution is -0.0324. The van der Waals surface area contributed by atoms with Gasteiger partial charge in [0.1, 0.15) is 30.9 Å². The van der Waals surface area contributed by atoms with Gasteiger partial charge in [-0.05, 0) is 30.5 Å². The second kappa shape index (κ2) is 7.02. The van der Waals surface area contributed by atoms with E-state index in [2.05, 4.69) is 25.9 Å². The van der Waals surface area contributed by atoms with E-state index >= 15 is 0 Å². The van der Waals surface area contributed by atoms with Gasteiger partial charge in [-0.3, -0.25) is 0 Å². The number of pyridine rings is 1. The third-order valence-corrected chi connectivity index (χ3v) is 5.94. The summed E-state index contributed by atoms with van der Waals surface area (Å²) < 4.78 is 19.3. The molecule has 0 radical (unpaired) electrons. The molecular formula is C21H22N6O4. The van der Waals surface area contributed by atoms with Crippen LogP contribution >= 0.6 is 0 Å². The monoisotopic (exact) mass is 422 g/mol. The topological polar surface area (TPSA) is 112 Å². The molecule has 2 aliphatic heterocycles. The van der Waals surface area contributed by atoms with E-state index in [-0.39, 0.29) is 18.2 Å². The highest BCUT2D eigenvalue weighted by Gasteiger charge is 2.34. The molecule has 1 amide bonds. The summed E-state index contributed by atoms with van der Waals surface area (Å²) in [6.45, 7) is 1.39. The Morgan fingerprint density at radius 1 is 1.19 bits per heavy atom. The average molecular weight is 422 g/mol. The zero-order valence-electron chi connectivity index (χ0n) is 17.0. The van der Waals surface area contributed by atoms with E-state index in [4.69, 9.17) is 14.2 Å². The van der Waals surface area contributed by atoms with Crippen LogP contribution < -0.4 is 25.4 Å². The van der Waals surface area contributed by atoms with Crippen molar-refractivity contribution in [2.24, 2.45) is 0 Å². The Balaban J connectivity index is 1.52. The van der Waals surface area contributed by atoms with E-state index in [0.717, 1.165) is 29.8 Å². The SMILES string of the molecule is CNc1cc2nc3c1ncn3C(=O)N[C@@H]1CC[C@H]1OCc1cc(c3c(c1)OCCO3)N2. The van der Waals surface area contributed by atoms with Crippen molar-refractivity contribution in [3.05, 3.63) is 30.1 Å². The second-order valence-electron chi connectivity index (χ2n) is 7.87. The first kappa shape index (κ1) is 18.3. The molecule has 0 spiro atoms. The van der Waals surface area contributed by atoms with Crippen molar-refractivity contribution in [1.29, 1.82) is 0 Å². The molecule has 4 heterocycles. The zero-order valence-corrected chi connectivity index (χ0v) is 17.0.